The van der Waals surface area contributed by atoms with Gasteiger partial charge in [-0.1, -0.05) is 36.0 Å². The Balaban J connectivity index is 1.37. The van der Waals surface area contributed by atoms with Crippen molar-refractivity contribution in [2.75, 3.05) is 46.1 Å². The lowest BCUT2D eigenvalue weighted by Gasteiger charge is -2.26. The van der Waals surface area contributed by atoms with Crippen LogP contribution in [0.1, 0.15) is 22.8 Å². The molecule has 1 aliphatic rings. The molecule has 1 aliphatic heterocycles. The Morgan fingerprint density at radius 1 is 1.00 bits per heavy atom. The zero-order valence-electron chi connectivity index (χ0n) is 19.6. The summed E-state index contributed by atoms with van der Waals surface area (Å²) in [4.78, 5) is 16.6. The van der Waals surface area contributed by atoms with E-state index in [1.165, 1.54) is 22.8 Å². The van der Waals surface area contributed by atoms with Gasteiger partial charge in [0.1, 0.15) is 6.67 Å². The maximum Gasteiger partial charge on any atom is 0.226 e. The second-order valence-electron chi connectivity index (χ2n) is 8.57. The van der Waals surface area contributed by atoms with Crippen LogP contribution in [0.5, 0.6) is 5.75 Å². The summed E-state index contributed by atoms with van der Waals surface area (Å²) in [6.07, 6.45) is 1.83. The summed E-state index contributed by atoms with van der Waals surface area (Å²) in [5.74, 6) is -0.462. The molecule has 0 bridgehead atoms. The van der Waals surface area contributed by atoms with Gasteiger partial charge in [0.25, 0.3) is 0 Å². The van der Waals surface area contributed by atoms with Gasteiger partial charge >= 0.3 is 0 Å². The van der Waals surface area contributed by atoms with Crippen LogP contribution in [-0.4, -0.2) is 56.1 Å². The molecule has 3 aromatic rings. The molecule has 2 N–H and O–H groups in total. The minimum Gasteiger partial charge on any atom is -0.502 e. The zero-order valence-corrected chi connectivity index (χ0v) is 20.4. The average molecular weight is 499 g/mol. The fourth-order valence-electron chi connectivity index (χ4n) is 4.11. The first-order valence-electron chi connectivity index (χ1n) is 11.9. The smallest absolute Gasteiger partial charge is 0.226 e. The largest absolute Gasteiger partial charge is 0.502 e. The number of nitrogens with one attached hydrogen (secondary N) is 1. The van der Waals surface area contributed by atoms with Crippen LogP contribution >= 0.6 is 11.8 Å². The van der Waals surface area contributed by atoms with Crippen molar-refractivity contribution >= 4 is 11.8 Å². The number of morpholine rings is 1. The van der Waals surface area contributed by atoms with E-state index in [0.29, 0.717) is 13.0 Å². The molecular formula is C27H31FN2O4S. The fourth-order valence-corrected chi connectivity index (χ4v) is 4.93. The van der Waals surface area contributed by atoms with Crippen LogP contribution in [0.15, 0.2) is 79.9 Å². The maximum atomic E-state index is 12.6. The summed E-state index contributed by atoms with van der Waals surface area (Å²) in [5, 5.41) is 13.2. The van der Waals surface area contributed by atoms with Gasteiger partial charge in [-0.2, -0.15) is 0 Å². The quantitative estimate of drug-likeness (QED) is 0.384. The van der Waals surface area contributed by atoms with Gasteiger partial charge in [0.05, 0.1) is 19.5 Å². The Morgan fingerprint density at radius 3 is 2.31 bits per heavy atom. The molecule has 1 atom stereocenters. The van der Waals surface area contributed by atoms with Gasteiger partial charge in [0.15, 0.2) is 5.76 Å². The lowest BCUT2D eigenvalue weighted by Crippen LogP contribution is -2.35. The van der Waals surface area contributed by atoms with E-state index in [-0.39, 0.29) is 24.0 Å². The molecule has 186 valence electrons. The van der Waals surface area contributed by atoms with Gasteiger partial charge < -0.3 is 19.6 Å². The van der Waals surface area contributed by atoms with Crippen LogP contribution in [0.4, 0.5) is 4.39 Å². The van der Waals surface area contributed by atoms with E-state index in [4.69, 9.17) is 9.15 Å². The number of benzene rings is 2. The monoisotopic (exact) mass is 498 g/mol. The molecule has 2 heterocycles. The highest BCUT2D eigenvalue weighted by Crippen LogP contribution is 2.30. The van der Waals surface area contributed by atoms with Gasteiger partial charge in [0.2, 0.25) is 11.2 Å². The van der Waals surface area contributed by atoms with Crippen molar-refractivity contribution < 1.29 is 18.7 Å². The van der Waals surface area contributed by atoms with Gasteiger partial charge in [0, 0.05) is 54.5 Å². The topological polar surface area (TPSA) is 74.9 Å². The van der Waals surface area contributed by atoms with Gasteiger partial charge in [-0.15, -0.1) is 0 Å². The molecule has 1 unspecified atom stereocenters. The molecule has 0 spiro atoms. The Morgan fingerprint density at radius 2 is 1.66 bits per heavy atom. The Hall–Kier alpha value is -2.65. The standard InChI is InChI=1S/C27H31FN2O4S/c28-10-11-29-18-22(27-26(32)25(31)9-14-34-27)17-20-1-5-23(6-2-20)35-24-7-3-21(4-8-24)19-30-12-15-33-16-13-30/h1-9,14,22,29,32H,10-13,15-19H2. The third kappa shape index (κ3) is 7.41. The van der Waals surface area contributed by atoms with Gasteiger partial charge in [-0.05, 0) is 41.8 Å². The summed E-state index contributed by atoms with van der Waals surface area (Å²) >= 11 is 1.70. The van der Waals surface area contributed by atoms with E-state index >= 15 is 0 Å². The summed E-state index contributed by atoms with van der Waals surface area (Å²) in [6, 6.07) is 18.1. The molecule has 0 aliphatic carbocycles. The normalized spacial score (nSPS) is 15.2. The van der Waals surface area contributed by atoms with Crippen LogP contribution in [0.3, 0.4) is 0 Å². The van der Waals surface area contributed by atoms with Gasteiger partial charge in [-0.3, -0.25) is 9.69 Å². The molecule has 6 nitrogen and oxygen atoms in total. The SMILES string of the molecule is O=c1ccoc(C(CNCCF)Cc2ccc(Sc3ccc(CN4CCOCC4)cc3)cc2)c1O. The Kier molecular flexibility index (Phi) is 9.36. The number of ether oxygens (including phenoxy) is 1. The van der Waals surface area contributed by atoms with Crippen molar-refractivity contribution in [2.24, 2.45) is 0 Å². The summed E-state index contributed by atoms with van der Waals surface area (Å²) in [5.41, 5.74) is 1.85. The molecule has 0 radical (unpaired) electrons. The molecule has 8 heteroatoms. The predicted octanol–water partition coefficient (Wildman–Crippen LogP) is 4.21. The lowest BCUT2D eigenvalue weighted by molar-refractivity contribution is 0.0342. The Labute approximate surface area is 209 Å². The minimum atomic E-state index is -0.489. The maximum absolute atomic E-state index is 12.6. The molecule has 1 fully saturated rings. The van der Waals surface area contributed by atoms with Crippen molar-refractivity contribution in [1.82, 2.24) is 10.2 Å². The molecule has 0 amide bonds. The van der Waals surface area contributed by atoms with Crippen LogP contribution < -0.4 is 10.7 Å². The van der Waals surface area contributed by atoms with Crippen LogP contribution in [0.2, 0.25) is 0 Å². The van der Waals surface area contributed by atoms with E-state index in [1.807, 2.05) is 12.1 Å². The number of rotatable bonds is 11. The molecule has 35 heavy (non-hydrogen) atoms. The van der Waals surface area contributed by atoms with Crippen LogP contribution in [0.25, 0.3) is 0 Å². The van der Waals surface area contributed by atoms with E-state index in [1.54, 1.807) is 11.8 Å². The molecule has 0 saturated carbocycles. The first-order valence-corrected chi connectivity index (χ1v) is 12.7. The summed E-state index contributed by atoms with van der Waals surface area (Å²) in [6.45, 7) is 4.61. The van der Waals surface area contributed by atoms with E-state index in [9.17, 15) is 14.3 Å². The van der Waals surface area contributed by atoms with Crippen molar-refractivity contribution in [3.8, 4) is 5.75 Å². The lowest BCUT2D eigenvalue weighted by atomic mass is 9.96. The van der Waals surface area contributed by atoms with E-state index < -0.39 is 12.1 Å². The average Bonchev–Trinajstić information content (AvgIpc) is 2.88. The number of alkyl halides is 1. The fraction of sp³-hybridized carbons (Fsp3) is 0.370. The van der Waals surface area contributed by atoms with Crippen LogP contribution in [0, 0.1) is 0 Å². The van der Waals surface area contributed by atoms with Crippen molar-refractivity contribution in [2.45, 2.75) is 28.7 Å². The molecule has 2 aromatic carbocycles. The molecular weight excluding hydrogens is 467 g/mol. The van der Waals surface area contributed by atoms with Crippen molar-refractivity contribution in [1.29, 1.82) is 0 Å². The number of hydrogen-bond donors (Lipinski definition) is 2. The number of halogens is 1. The summed E-state index contributed by atoms with van der Waals surface area (Å²) < 4.78 is 23.5. The highest BCUT2D eigenvalue weighted by atomic mass is 32.2. The van der Waals surface area contributed by atoms with Gasteiger partial charge in [-0.25, -0.2) is 4.39 Å². The van der Waals surface area contributed by atoms with Crippen LogP contribution in [-0.2, 0) is 17.7 Å². The Bertz CT molecular complexity index is 1120. The minimum absolute atomic E-state index is 0.204. The van der Waals surface area contributed by atoms with E-state index in [2.05, 4.69) is 46.6 Å². The second kappa shape index (κ2) is 12.9. The first kappa shape index (κ1) is 25.4. The summed E-state index contributed by atoms with van der Waals surface area (Å²) in [7, 11) is 0. The van der Waals surface area contributed by atoms with Crippen molar-refractivity contribution in [3.05, 3.63) is 88.0 Å². The number of hydrogen-bond acceptors (Lipinski definition) is 7. The number of nitrogens with zero attached hydrogens (tertiary/aromatic N) is 1. The number of aromatic hydroxyl groups is 1. The first-order chi connectivity index (χ1) is 17.1. The third-order valence-electron chi connectivity index (χ3n) is 5.99. The third-order valence-corrected chi connectivity index (χ3v) is 7.00. The molecule has 1 saturated heterocycles. The van der Waals surface area contributed by atoms with E-state index in [0.717, 1.165) is 43.3 Å². The van der Waals surface area contributed by atoms with Crippen molar-refractivity contribution in [3.63, 3.8) is 0 Å². The zero-order chi connectivity index (χ0) is 24.5. The molecule has 4 rings (SSSR count). The highest BCUT2D eigenvalue weighted by molar-refractivity contribution is 7.99. The predicted molar refractivity (Wildman–Crippen MR) is 135 cm³/mol. The highest BCUT2D eigenvalue weighted by Gasteiger charge is 2.20. The molecule has 1 aromatic heterocycles. The second-order valence-corrected chi connectivity index (χ2v) is 9.72.